The molecule has 0 atom stereocenters. The van der Waals surface area contributed by atoms with Gasteiger partial charge in [0.1, 0.15) is 11.0 Å². The maximum absolute atomic E-state index is 9.85. The van der Waals surface area contributed by atoms with Crippen molar-refractivity contribution in [3.63, 3.8) is 0 Å². The van der Waals surface area contributed by atoms with Crippen molar-refractivity contribution < 1.29 is 4.92 Å². The zero-order chi connectivity index (χ0) is 5.98. The van der Waals surface area contributed by atoms with Crippen molar-refractivity contribution in [2.24, 2.45) is 0 Å². The maximum Gasteiger partial charge on any atom is 0.335 e. The number of hydrogen-bond donors (Lipinski definition) is 1. The number of rotatable bonds is 1. The normalized spacial score (nSPS) is 17.2. The summed E-state index contributed by atoms with van der Waals surface area (Å²) in [6.07, 6.45) is 0. The van der Waals surface area contributed by atoms with E-state index in [9.17, 15) is 10.1 Å². The van der Waals surface area contributed by atoms with E-state index in [1.54, 1.807) is 0 Å². The van der Waals surface area contributed by atoms with Gasteiger partial charge in [-0.2, -0.15) is 4.72 Å². The van der Waals surface area contributed by atoms with Crippen molar-refractivity contribution in [3.05, 3.63) is 21.3 Å². The van der Waals surface area contributed by atoms with Gasteiger partial charge >= 0.3 is 5.82 Å². The lowest BCUT2D eigenvalue weighted by molar-refractivity contribution is -0.428. The Morgan fingerprint density at radius 1 is 1.88 bits per heavy atom. The minimum Gasteiger partial charge on any atom is -0.358 e. The molecule has 1 N–H and O–H groups in total. The quantitative estimate of drug-likeness (QED) is 0.261. The Bertz CT molecular complexity index is 145. The average Bonchev–Trinajstić information content (AvgIpc) is 2.12. The molecule has 8 heavy (non-hydrogen) atoms. The molecular weight excluding hydrogens is 148 g/mol. The van der Waals surface area contributed by atoms with E-state index in [0.717, 1.165) is 0 Å². The Balaban J connectivity index is 2.57. The van der Waals surface area contributed by atoms with Gasteiger partial charge in [-0.05, 0) is 15.7 Å². The first-order valence-electron chi connectivity index (χ1n) is 1.73. The van der Waals surface area contributed by atoms with Gasteiger partial charge in [-0.1, -0.05) is 0 Å². The van der Waals surface area contributed by atoms with Crippen LogP contribution in [-0.2, 0) is 0 Å². The van der Waals surface area contributed by atoms with Gasteiger partial charge < -0.3 is 10.1 Å². The Morgan fingerprint density at radius 2 is 2.62 bits per heavy atom. The standard InChI is InChI=1S/C2H2N2O2S2/c5-4(6)2-1-7-8-3-2/h1,3H. The van der Waals surface area contributed by atoms with Gasteiger partial charge in [0.25, 0.3) is 0 Å². The molecule has 1 heterocycles. The Hall–Kier alpha value is -0.360. The summed E-state index contributed by atoms with van der Waals surface area (Å²) in [5, 5.41) is 11.3. The third-order valence-corrected chi connectivity index (χ3v) is 2.09. The minimum absolute atomic E-state index is 0.0694. The fourth-order valence-electron chi connectivity index (χ4n) is 0.241. The highest BCUT2D eigenvalue weighted by Crippen LogP contribution is 2.27. The summed E-state index contributed by atoms with van der Waals surface area (Å²) in [6.45, 7) is 0. The monoisotopic (exact) mass is 150 g/mol. The van der Waals surface area contributed by atoms with Gasteiger partial charge in [0.05, 0.1) is 5.41 Å². The van der Waals surface area contributed by atoms with Crippen LogP contribution >= 0.6 is 21.8 Å². The third kappa shape index (κ3) is 1.07. The first-order chi connectivity index (χ1) is 3.80. The lowest BCUT2D eigenvalue weighted by Crippen LogP contribution is -2.07. The van der Waals surface area contributed by atoms with Crippen LogP contribution in [0.4, 0.5) is 0 Å². The lowest BCUT2D eigenvalue weighted by Gasteiger charge is -1.89. The third-order valence-electron chi connectivity index (χ3n) is 0.551. The molecular formula is C2H2N2O2S2. The summed E-state index contributed by atoms with van der Waals surface area (Å²) in [7, 11) is 2.56. The van der Waals surface area contributed by atoms with Crippen LogP contribution in [0.5, 0.6) is 0 Å². The van der Waals surface area contributed by atoms with Crippen molar-refractivity contribution >= 4 is 21.8 Å². The fraction of sp³-hybridized carbons (Fsp3) is 0. The van der Waals surface area contributed by atoms with Gasteiger partial charge in [-0.15, -0.1) is 0 Å². The van der Waals surface area contributed by atoms with Crippen molar-refractivity contribution in [2.45, 2.75) is 0 Å². The summed E-state index contributed by atoms with van der Waals surface area (Å²) in [5.41, 5.74) is 0. The molecule has 0 aromatic heterocycles. The lowest BCUT2D eigenvalue weighted by atomic mass is 10.9. The fourth-order valence-corrected chi connectivity index (χ4v) is 1.68. The van der Waals surface area contributed by atoms with Crippen molar-refractivity contribution in [2.75, 3.05) is 0 Å². The summed E-state index contributed by atoms with van der Waals surface area (Å²) < 4.78 is 2.50. The summed E-state index contributed by atoms with van der Waals surface area (Å²) in [6, 6.07) is 0. The molecule has 0 unspecified atom stereocenters. The maximum atomic E-state index is 9.85. The molecule has 44 valence electrons. The molecule has 0 bridgehead atoms. The zero-order valence-corrected chi connectivity index (χ0v) is 5.29. The van der Waals surface area contributed by atoms with E-state index >= 15 is 0 Å². The van der Waals surface area contributed by atoms with Crippen molar-refractivity contribution in [1.29, 1.82) is 0 Å². The molecule has 4 nitrogen and oxygen atoms in total. The SMILES string of the molecule is O=[N+]([O-])C1=CSSN1. The van der Waals surface area contributed by atoms with E-state index in [2.05, 4.69) is 4.72 Å². The molecule has 0 aromatic carbocycles. The van der Waals surface area contributed by atoms with Crippen LogP contribution < -0.4 is 4.72 Å². The molecule has 0 saturated heterocycles. The molecule has 0 saturated carbocycles. The van der Waals surface area contributed by atoms with E-state index in [1.807, 2.05) is 0 Å². The van der Waals surface area contributed by atoms with Crippen molar-refractivity contribution in [1.82, 2.24) is 4.72 Å². The van der Waals surface area contributed by atoms with E-state index in [1.165, 1.54) is 27.2 Å². The van der Waals surface area contributed by atoms with Gasteiger partial charge in [-0.25, -0.2) is 0 Å². The smallest absolute Gasteiger partial charge is 0.335 e. The molecule has 0 aliphatic carbocycles. The van der Waals surface area contributed by atoms with Crippen LogP contribution in [-0.4, -0.2) is 4.92 Å². The van der Waals surface area contributed by atoms with Crippen LogP contribution in [0.25, 0.3) is 0 Å². The van der Waals surface area contributed by atoms with Gasteiger partial charge in [-0.3, -0.25) is 0 Å². The van der Waals surface area contributed by atoms with Crippen LogP contribution in [0, 0.1) is 10.1 Å². The van der Waals surface area contributed by atoms with E-state index in [0.29, 0.717) is 0 Å². The summed E-state index contributed by atoms with van der Waals surface area (Å²) in [5.74, 6) is 0.0694. The molecule has 0 aromatic rings. The molecule has 1 aliphatic rings. The topological polar surface area (TPSA) is 55.2 Å². The van der Waals surface area contributed by atoms with Gasteiger partial charge in [0.2, 0.25) is 0 Å². The molecule has 6 heteroatoms. The first kappa shape index (κ1) is 5.77. The van der Waals surface area contributed by atoms with E-state index < -0.39 is 4.92 Å². The highest BCUT2D eigenvalue weighted by Gasteiger charge is 2.14. The largest absolute Gasteiger partial charge is 0.358 e. The second kappa shape index (κ2) is 2.27. The highest BCUT2D eigenvalue weighted by atomic mass is 33.1. The number of hydrogen-bond acceptors (Lipinski definition) is 5. The molecule has 0 fully saturated rings. The predicted octanol–water partition coefficient (Wildman–Crippen LogP) is 0.962. The second-order valence-corrected chi connectivity index (χ2v) is 2.92. The van der Waals surface area contributed by atoms with E-state index in [-0.39, 0.29) is 5.82 Å². The average molecular weight is 150 g/mol. The van der Waals surface area contributed by atoms with Gasteiger partial charge in [0, 0.05) is 0 Å². The number of nitro groups is 1. The van der Waals surface area contributed by atoms with Crippen LogP contribution in [0.1, 0.15) is 0 Å². The van der Waals surface area contributed by atoms with Crippen LogP contribution in [0.3, 0.4) is 0 Å². The molecule has 0 amide bonds. The Kier molecular flexibility index (Phi) is 1.64. The molecule has 1 rings (SSSR count). The van der Waals surface area contributed by atoms with Crippen LogP contribution in [0.2, 0.25) is 0 Å². The summed E-state index contributed by atoms with van der Waals surface area (Å²) in [4.78, 5) is 9.40. The van der Waals surface area contributed by atoms with Crippen molar-refractivity contribution in [3.8, 4) is 0 Å². The predicted molar refractivity (Wildman–Crippen MR) is 33.4 cm³/mol. The van der Waals surface area contributed by atoms with Crippen LogP contribution in [0.15, 0.2) is 11.2 Å². The highest BCUT2D eigenvalue weighted by molar-refractivity contribution is 8.77. The summed E-state index contributed by atoms with van der Waals surface area (Å²) >= 11 is 0. The first-order valence-corrected chi connectivity index (χ1v) is 3.95. The number of nitrogens with one attached hydrogen (secondary N) is 1. The van der Waals surface area contributed by atoms with Gasteiger partial charge in [0.15, 0.2) is 0 Å². The van der Waals surface area contributed by atoms with E-state index in [4.69, 9.17) is 0 Å². The second-order valence-electron chi connectivity index (χ2n) is 1.04. The molecule has 0 radical (unpaired) electrons. The Morgan fingerprint density at radius 3 is 2.88 bits per heavy atom. The molecule has 0 spiro atoms. The zero-order valence-electron chi connectivity index (χ0n) is 3.66. The minimum atomic E-state index is -0.451. The Labute approximate surface area is 53.4 Å². The molecule has 1 aliphatic heterocycles. The number of nitrogens with zero attached hydrogens (tertiary/aromatic N) is 1.